The third-order valence-electron chi connectivity index (χ3n) is 3.82. The minimum Gasteiger partial charge on any atom is -0.480 e. The third kappa shape index (κ3) is 7.58. The second-order valence-corrected chi connectivity index (χ2v) is 6.35. The van der Waals surface area contributed by atoms with Crippen molar-refractivity contribution in [3.05, 3.63) is 0 Å². The van der Waals surface area contributed by atoms with Crippen LogP contribution < -0.4 is 21.7 Å². The highest BCUT2D eigenvalue weighted by molar-refractivity contribution is 7.80. The molecule has 0 heterocycles. The molecule has 0 spiro atoms. The molecular weight excluding hydrogens is 364 g/mol. The van der Waals surface area contributed by atoms with E-state index in [0.717, 1.165) is 0 Å². The summed E-state index contributed by atoms with van der Waals surface area (Å²) in [6.45, 7) is 4.28. The predicted molar refractivity (Wildman–Crippen MR) is 97.5 cm³/mol. The van der Waals surface area contributed by atoms with Gasteiger partial charge in [0.2, 0.25) is 17.7 Å². The average molecular weight is 392 g/mol. The molecular formula is C15H28N4O6S. The zero-order valence-electron chi connectivity index (χ0n) is 15.1. The molecule has 150 valence electrons. The van der Waals surface area contributed by atoms with Crippen LogP contribution in [-0.2, 0) is 19.2 Å². The van der Waals surface area contributed by atoms with Crippen molar-refractivity contribution in [1.29, 1.82) is 0 Å². The second-order valence-electron chi connectivity index (χ2n) is 5.99. The molecule has 0 aromatic rings. The van der Waals surface area contributed by atoms with Crippen LogP contribution in [0, 0.1) is 5.92 Å². The number of hydrogen-bond acceptors (Lipinski definition) is 7. The molecule has 5 unspecified atom stereocenters. The number of nitrogens with one attached hydrogen (secondary N) is 3. The number of aliphatic hydroxyl groups is 1. The van der Waals surface area contributed by atoms with Gasteiger partial charge in [0.1, 0.15) is 18.1 Å². The number of amides is 3. The van der Waals surface area contributed by atoms with Crippen molar-refractivity contribution >= 4 is 36.3 Å². The molecule has 0 radical (unpaired) electrons. The van der Waals surface area contributed by atoms with Gasteiger partial charge in [-0.05, 0) is 12.8 Å². The lowest BCUT2D eigenvalue weighted by molar-refractivity contribution is -0.143. The molecule has 0 aliphatic rings. The Labute approximate surface area is 157 Å². The van der Waals surface area contributed by atoms with E-state index in [1.54, 1.807) is 6.92 Å². The maximum Gasteiger partial charge on any atom is 0.328 e. The normalized spacial score (nSPS) is 16.5. The summed E-state index contributed by atoms with van der Waals surface area (Å²) in [5, 5.41) is 24.9. The molecule has 0 aliphatic carbocycles. The summed E-state index contributed by atoms with van der Waals surface area (Å²) in [5.41, 5.74) is 5.50. The van der Waals surface area contributed by atoms with Crippen LogP contribution in [0.5, 0.6) is 0 Å². The molecule has 26 heavy (non-hydrogen) atoms. The Morgan fingerprint density at radius 2 is 1.54 bits per heavy atom. The summed E-state index contributed by atoms with van der Waals surface area (Å²) in [5.74, 6) is -3.68. The van der Waals surface area contributed by atoms with Gasteiger partial charge in [-0.15, -0.1) is 0 Å². The molecule has 0 rings (SSSR count). The van der Waals surface area contributed by atoms with Crippen molar-refractivity contribution in [2.24, 2.45) is 11.7 Å². The van der Waals surface area contributed by atoms with Crippen molar-refractivity contribution in [1.82, 2.24) is 16.0 Å². The van der Waals surface area contributed by atoms with E-state index < -0.39 is 54.5 Å². The quantitative estimate of drug-likeness (QED) is 0.196. The van der Waals surface area contributed by atoms with Crippen molar-refractivity contribution in [2.75, 3.05) is 12.4 Å². The van der Waals surface area contributed by atoms with Gasteiger partial charge in [-0.3, -0.25) is 14.4 Å². The SMILES string of the molecule is CCC(C)C(NC(=O)C(C)N)C(=O)NC(CS)C(=O)NC(CO)C(=O)O. The van der Waals surface area contributed by atoms with E-state index in [4.69, 9.17) is 15.9 Å². The molecule has 0 aromatic heterocycles. The minimum atomic E-state index is -1.50. The Morgan fingerprint density at radius 1 is 1.00 bits per heavy atom. The second kappa shape index (κ2) is 11.7. The van der Waals surface area contributed by atoms with Gasteiger partial charge in [-0.1, -0.05) is 20.3 Å². The minimum absolute atomic E-state index is 0.107. The number of aliphatic carboxylic acids is 1. The maximum absolute atomic E-state index is 12.5. The lowest BCUT2D eigenvalue weighted by Gasteiger charge is -2.27. The fourth-order valence-corrected chi connectivity index (χ4v) is 2.16. The van der Waals surface area contributed by atoms with Crippen LogP contribution >= 0.6 is 12.6 Å². The number of nitrogens with two attached hydrogens (primary N) is 1. The van der Waals surface area contributed by atoms with Gasteiger partial charge >= 0.3 is 5.97 Å². The highest BCUT2D eigenvalue weighted by Crippen LogP contribution is 2.09. The van der Waals surface area contributed by atoms with E-state index in [1.165, 1.54) is 6.92 Å². The summed E-state index contributed by atoms with van der Waals surface area (Å²) < 4.78 is 0. The number of hydrogen-bond donors (Lipinski definition) is 7. The smallest absolute Gasteiger partial charge is 0.328 e. The van der Waals surface area contributed by atoms with Crippen molar-refractivity contribution in [3.63, 3.8) is 0 Å². The summed E-state index contributed by atoms with van der Waals surface area (Å²) in [7, 11) is 0. The lowest BCUT2D eigenvalue weighted by atomic mass is 9.97. The molecule has 0 bridgehead atoms. The van der Waals surface area contributed by atoms with Gasteiger partial charge in [0.25, 0.3) is 0 Å². The number of rotatable bonds is 11. The number of carboxylic acid groups (broad SMARTS) is 1. The van der Waals surface area contributed by atoms with Crippen molar-refractivity contribution in [3.8, 4) is 0 Å². The molecule has 5 atom stereocenters. The van der Waals surface area contributed by atoms with Crippen molar-refractivity contribution < 1.29 is 29.4 Å². The van der Waals surface area contributed by atoms with Crippen LogP contribution in [-0.4, -0.2) is 70.4 Å². The van der Waals surface area contributed by atoms with E-state index in [2.05, 4.69) is 28.6 Å². The summed E-state index contributed by atoms with van der Waals surface area (Å²) in [6.07, 6.45) is 0.584. The van der Waals surface area contributed by atoms with E-state index in [-0.39, 0.29) is 11.7 Å². The third-order valence-corrected chi connectivity index (χ3v) is 4.18. The first-order valence-electron chi connectivity index (χ1n) is 8.20. The Balaban J connectivity index is 5.13. The molecule has 10 nitrogen and oxygen atoms in total. The first kappa shape index (κ1) is 24.1. The van der Waals surface area contributed by atoms with Gasteiger partial charge < -0.3 is 31.9 Å². The van der Waals surface area contributed by atoms with Gasteiger partial charge in [-0.2, -0.15) is 12.6 Å². The predicted octanol–water partition coefficient (Wildman–Crippen LogP) is -2.16. The molecule has 11 heteroatoms. The monoisotopic (exact) mass is 392 g/mol. The van der Waals surface area contributed by atoms with Crippen LogP contribution in [0.2, 0.25) is 0 Å². The molecule has 3 amide bonds. The van der Waals surface area contributed by atoms with Crippen LogP contribution in [0.25, 0.3) is 0 Å². The van der Waals surface area contributed by atoms with Gasteiger partial charge in [0.15, 0.2) is 0 Å². The zero-order chi connectivity index (χ0) is 20.4. The Hall–Kier alpha value is -1.85. The number of carbonyl (C=O) groups is 4. The van der Waals surface area contributed by atoms with Crippen LogP contribution in [0.3, 0.4) is 0 Å². The van der Waals surface area contributed by atoms with Crippen LogP contribution in [0.1, 0.15) is 27.2 Å². The molecule has 7 N–H and O–H groups in total. The van der Waals surface area contributed by atoms with E-state index in [9.17, 15) is 19.2 Å². The zero-order valence-corrected chi connectivity index (χ0v) is 16.0. The fraction of sp³-hybridized carbons (Fsp3) is 0.733. The van der Waals surface area contributed by atoms with E-state index in [1.807, 2.05) is 6.92 Å². The maximum atomic E-state index is 12.5. The topological polar surface area (TPSA) is 171 Å². The van der Waals surface area contributed by atoms with Crippen LogP contribution in [0.4, 0.5) is 0 Å². The van der Waals surface area contributed by atoms with Crippen LogP contribution in [0.15, 0.2) is 0 Å². The standard InChI is InChI=1S/C15H28N4O6S/c1-4-7(2)11(19-12(21)8(3)16)14(23)18-10(6-26)13(22)17-9(5-20)15(24)25/h7-11,20,26H,4-6,16H2,1-3H3,(H,17,22)(H,18,23)(H,19,21)(H,24,25). The number of thiol groups is 1. The lowest BCUT2D eigenvalue weighted by Crippen LogP contribution is -2.59. The summed E-state index contributed by atoms with van der Waals surface area (Å²) >= 11 is 3.99. The molecule has 0 saturated carbocycles. The number of carboxylic acids is 1. The number of carbonyl (C=O) groups excluding carboxylic acids is 3. The van der Waals surface area contributed by atoms with E-state index >= 15 is 0 Å². The van der Waals surface area contributed by atoms with Crippen molar-refractivity contribution in [2.45, 2.75) is 51.4 Å². The average Bonchev–Trinajstić information content (AvgIpc) is 2.60. The highest BCUT2D eigenvalue weighted by atomic mass is 32.1. The number of aliphatic hydroxyl groups excluding tert-OH is 1. The summed E-state index contributed by atoms with van der Waals surface area (Å²) in [4.78, 5) is 47.3. The fourth-order valence-electron chi connectivity index (χ4n) is 1.90. The first-order valence-corrected chi connectivity index (χ1v) is 8.83. The van der Waals surface area contributed by atoms with Gasteiger partial charge in [0, 0.05) is 5.75 Å². The van der Waals surface area contributed by atoms with Gasteiger partial charge in [0.05, 0.1) is 12.6 Å². The molecule has 0 fully saturated rings. The Morgan fingerprint density at radius 3 is 1.92 bits per heavy atom. The first-order chi connectivity index (χ1) is 12.1. The summed E-state index contributed by atoms with van der Waals surface area (Å²) in [6, 6.07) is -4.36. The molecule has 0 saturated heterocycles. The Bertz CT molecular complexity index is 516. The highest BCUT2D eigenvalue weighted by Gasteiger charge is 2.31. The Kier molecular flexibility index (Phi) is 10.9. The van der Waals surface area contributed by atoms with E-state index in [0.29, 0.717) is 6.42 Å². The largest absolute Gasteiger partial charge is 0.480 e. The van der Waals surface area contributed by atoms with Gasteiger partial charge in [-0.25, -0.2) is 4.79 Å². The molecule has 0 aromatic carbocycles. The molecule has 0 aliphatic heterocycles.